The number of thiophene rings is 1. The van der Waals surface area contributed by atoms with E-state index in [1.54, 1.807) is 0 Å². The highest BCUT2D eigenvalue weighted by Gasteiger charge is 2.41. The summed E-state index contributed by atoms with van der Waals surface area (Å²) in [5.41, 5.74) is 18.1. The van der Waals surface area contributed by atoms with E-state index in [4.69, 9.17) is 24.9 Å². The molecule has 0 aliphatic heterocycles. The van der Waals surface area contributed by atoms with Gasteiger partial charge in [0.25, 0.3) is 0 Å². The van der Waals surface area contributed by atoms with Crippen molar-refractivity contribution in [3.63, 3.8) is 0 Å². The van der Waals surface area contributed by atoms with Crippen LogP contribution in [-0.2, 0) is 0 Å². The molecule has 0 amide bonds. The second-order valence-electron chi connectivity index (χ2n) is 17.9. The van der Waals surface area contributed by atoms with Crippen molar-refractivity contribution < 1.29 is 0 Å². The first-order valence-corrected chi connectivity index (χ1v) is 24.2. The van der Waals surface area contributed by atoms with Gasteiger partial charge in [0.05, 0.1) is 11.4 Å². The van der Waals surface area contributed by atoms with Crippen molar-refractivity contribution in [3.8, 4) is 79.2 Å². The minimum absolute atomic E-state index is 0.0403. The molecular weight excluding hydrogens is 859 g/mol. The van der Waals surface area contributed by atoms with Crippen molar-refractivity contribution in [1.29, 1.82) is 0 Å². The third-order valence-corrected chi connectivity index (χ3v) is 15.2. The lowest BCUT2D eigenvalue weighted by Gasteiger charge is -2.42. The van der Waals surface area contributed by atoms with Gasteiger partial charge in [-0.3, -0.25) is 0 Å². The quantitative estimate of drug-likeness (QED) is 0.159. The van der Waals surface area contributed by atoms with Crippen LogP contribution in [0.15, 0.2) is 224 Å². The van der Waals surface area contributed by atoms with Crippen molar-refractivity contribution in [1.82, 2.24) is 24.9 Å². The van der Waals surface area contributed by atoms with E-state index in [9.17, 15) is 0 Å². The zero-order valence-electron chi connectivity index (χ0n) is 37.2. The molecule has 12 aromatic rings. The molecule has 2 atom stereocenters. The second-order valence-corrected chi connectivity index (χ2v) is 18.9. The van der Waals surface area contributed by atoms with Gasteiger partial charge in [-0.05, 0) is 63.2 Å². The maximum absolute atomic E-state index is 5.36. The molecule has 69 heavy (non-hydrogen) atoms. The normalized spacial score (nSPS) is 14.4. The fraction of sp³-hybridized carbons (Fsp3) is 0.0317. The Bertz CT molecular complexity index is 3920. The molecule has 0 saturated heterocycles. The molecule has 0 radical (unpaired) electrons. The van der Waals surface area contributed by atoms with Gasteiger partial charge in [0.1, 0.15) is 0 Å². The van der Waals surface area contributed by atoms with Gasteiger partial charge >= 0.3 is 0 Å². The number of benzene rings is 9. The summed E-state index contributed by atoms with van der Waals surface area (Å²) in [5.74, 6) is 2.75. The van der Waals surface area contributed by atoms with Crippen molar-refractivity contribution in [2.24, 2.45) is 0 Å². The molecule has 322 valence electrons. The van der Waals surface area contributed by atoms with E-state index in [0.29, 0.717) is 23.3 Å². The highest BCUT2D eigenvalue weighted by molar-refractivity contribution is 7.26. The predicted octanol–water partition coefficient (Wildman–Crippen LogP) is 15.7. The lowest BCUT2D eigenvalue weighted by molar-refractivity contribution is 0.754. The summed E-state index contributed by atoms with van der Waals surface area (Å²) in [4.78, 5) is 25.9. The lowest BCUT2D eigenvalue weighted by Crippen LogP contribution is -2.27. The summed E-state index contributed by atoms with van der Waals surface area (Å²) in [6.45, 7) is 0. The largest absolute Gasteiger partial charge is 0.228 e. The van der Waals surface area contributed by atoms with Crippen molar-refractivity contribution in [2.75, 3.05) is 0 Å². The maximum atomic E-state index is 5.36. The Balaban J connectivity index is 0.904. The van der Waals surface area contributed by atoms with Crippen LogP contribution >= 0.6 is 11.3 Å². The van der Waals surface area contributed by atoms with E-state index >= 15 is 0 Å². The molecule has 9 aromatic carbocycles. The summed E-state index contributed by atoms with van der Waals surface area (Å²) in [7, 11) is 0. The van der Waals surface area contributed by atoms with Gasteiger partial charge in [-0.1, -0.05) is 200 Å². The molecule has 15 rings (SSSR count). The fourth-order valence-electron chi connectivity index (χ4n) is 10.8. The average Bonchev–Trinajstić information content (AvgIpc) is 3.82. The molecule has 6 heteroatoms. The SMILES string of the molecule is c1ccc(-c2nc(-c3ccc4c(c3)C3c5ccccc5C4c4cc(-c5nc(-c6ccccc6)nc(-c6ccccc6)n5)ccc43)cc(-c3ccccc3-c3cccc4c3sc3ccccc34)n2)cc1. The van der Waals surface area contributed by atoms with Crippen LogP contribution in [0.3, 0.4) is 0 Å². The number of aromatic nitrogens is 5. The Morgan fingerprint density at radius 3 is 1.36 bits per heavy atom. The molecule has 0 fully saturated rings. The Hall–Kier alpha value is -8.71. The molecule has 2 bridgehead atoms. The smallest absolute Gasteiger partial charge is 0.164 e. The average molecular weight is 898 g/mol. The van der Waals surface area contributed by atoms with Gasteiger partial charge in [0, 0.05) is 71.0 Å². The van der Waals surface area contributed by atoms with Gasteiger partial charge in [-0.15, -0.1) is 11.3 Å². The predicted molar refractivity (Wildman–Crippen MR) is 281 cm³/mol. The minimum atomic E-state index is 0.0403. The molecule has 5 nitrogen and oxygen atoms in total. The lowest BCUT2D eigenvalue weighted by atomic mass is 9.60. The Morgan fingerprint density at radius 1 is 0.275 bits per heavy atom. The van der Waals surface area contributed by atoms with Crippen LogP contribution < -0.4 is 0 Å². The van der Waals surface area contributed by atoms with Crippen LogP contribution in [0.1, 0.15) is 45.2 Å². The third kappa shape index (κ3) is 6.56. The van der Waals surface area contributed by atoms with Crippen molar-refractivity contribution in [2.45, 2.75) is 11.8 Å². The Morgan fingerprint density at radius 2 is 0.725 bits per heavy atom. The third-order valence-electron chi connectivity index (χ3n) is 13.9. The van der Waals surface area contributed by atoms with Crippen LogP contribution in [0.25, 0.3) is 99.4 Å². The van der Waals surface area contributed by atoms with Crippen LogP contribution in [-0.4, -0.2) is 24.9 Å². The van der Waals surface area contributed by atoms with E-state index in [1.807, 2.05) is 53.8 Å². The Labute approximate surface area is 403 Å². The monoisotopic (exact) mass is 897 g/mol. The van der Waals surface area contributed by atoms with Crippen LogP contribution in [0.4, 0.5) is 0 Å². The van der Waals surface area contributed by atoms with E-state index in [2.05, 4.69) is 182 Å². The van der Waals surface area contributed by atoms with Crippen LogP contribution in [0, 0.1) is 0 Å². The number of nitrogens with zero attached hydrogens (tertiary/aromatic N) is 5. The van der Waals surface area contributed by atoms with E-state index in [0.717, 1.165) is 50.3 Å². The molecule has 3 heterocycles. The molecular formula is C63H39N5S. The van der Waals surface area contributed by atoms with Gasteiger partial charge in [0.2, 0.25) is 0 Å². The molecule has 2 unspecified atom stereocenters. The van der Waals surface area contributed by atoms with E-state index < -0.39 is 0 Å². The standard InChI is InChI=1S/C63H39N5S/c1-4-17-38(18-5-1)60-64-54(37-55(65-60)44-24-11-10-23-43(44)50-28-16-29-51-45-25-14-15-30-56(45)69-59(50)51)41-31-33-48-52(35-41)57-46-26-12-13-27-47(46)58(48)53-36-42(32-34-49(53)57)63-67-61(39-19-6-2-7-20-39)66-62(68-63)40-21-8-3-9-22-40/h1-37,57-58H. The number of rotatable bonds is 7. The summed E-state index contributed by atoms with van der Waals surface area (Å²) in [6.07, 6.45) is 0. The summed E-state index contributed by atoms with van der Waals surface area (Å²) < 4.78 is 2.57. The summed E-state index contributed by atoms with van der Waals surface area (Å²) in [6, 6.07) is 79.8. The van der Waals surface area contributed by atoms with Crippen LogP contribution in [0.2, 0.25) is 0 Å². The second kappa shape index (κ2) is 16.0. The highest BCUT2D eigenvalue weighted by atomic mass is 32.1. The zero-order valence-corrected chi connectivity index (χ0v) is 38.0. The molecule has 0 spiro atoms. The summed E-state index contributed by atoms with van der Waals surface area (Å²) >= 11 is 1.85. The van der Waals surface area contributed by atoms with E-state index in [-0.39, 0.29) is 11.8 Å². The zero-order chi connectivity index (χ0) is 45.4. The first-order chi connectivity index (χ1) is 34.2. The molecule has 3 aliphatic carbocycles. The molecule has 3 aromatic heterocycles. The van der Waals surface area contributed by atoms with Gasteiger partial charge in [-0.2, -0.15) is 0 Å². The number of hydrogen-bond donors (Lipinski definition) is 0. The fourth-order valence-corrected chi connectivity index (χ4v) is 12.0. The molecule has 0 saturated carbocycles. The number of hydrogen-bond acceptors (Lipinski definition) is 6. The Kier molecular flexibility index (Phi) is 9.14. The van der Waals surface area contributed by atoms with Gasteiger partial charge in [0.15, 0.2) is 23.3 Å². The van der Waals surface area contributed by atoms with E-state index in [1.165, 1.54) is 59.1 Å². The van der Waals surface area contributed by atoms with Gasteiger partial charge in [-0.25, -0.2) is 24.9 Å². The van der Waals surface area contributed by atoms with Crippen molar-refractivity contribution >= 4 is 31.5 Å². The highest BCUT2D eigenvalue weighted by Crippen LogP contribution is 2.57. The molecule has 0 N–H and O–H groups in total. The van der Waals surface area contributed by atoms with Gasteiger partial charge < -0.3 is 0 Å². The molecule has 3 aliphatic rings. The summed E-state index contributed by atoms with van der Waals surface area (Å²) in [5, 5.41) is 2.57. The topological polar surface area (TPSA) is 64.5 Å². The minimum Gasteiger partial charge on any atom is -0.228 e. The van der Waals surface area contributed by atoms with Crippen molar-refractivity contribution in [3.05, 3.63) is 258 Å². The first kappa shape index (κ1) is 39.5. The number of fused-ring (bicyclic) bond motifs is 3. The van der Waals surface area contributed by atoms with Crippen LogP contribution in [0.5, 0.6) is 0 Å². The maximum Gasteiger partial charge on any atom is 0.164 e. The first-order valence-electron chi connectivity index (χ1n) is 23.4.